The second-order valence-electron chi connectivity index (χ2n) is 7.88. The Bertz CT molecular complexity index is 1170. The normalized spacial score (nSPS) is 22.2. The fraction of sp³-hybridized carbons (Fsp3) is 0.400. The second kappa shape index (κ2) is 6.70. The molecule has 0 atom stereocenters. The van der Waals surface area contributed by atoms with Gasteiger partial charge in [-0.1, -0.05) is 0 Å². The predicted molar refractivity (Wildman–Crippen MR) is 109 cm³/mol. The van der Waals surface area contributed by atoms with E-state index in [1.54, 1.807) is 11.6 Å². The summed E-state index contributed by atoms with van der Waals surface area (Å²) < 4.78 is 7.33. The summed E-state index contributed by atoms with van der Waals surface area (Å²) in [5.74, 6) is 1.04. The van der Waals surface area contributed by atoms with Crippen LogP contribution in [0.2, 0.25) is 0 Å². The highest BCUT2D eigenvalue weighted by Crippen LogP contribution is 2.35. The number of rotatable bonds is 4. The van der Waals surface area contributed by atoms with E-state index in [-0.39, 0.29) is 6.04 Å². The van der Waals surface area contributed by atoms with E-state index in [9.17, 15) is 5.11 Å². The van der Waals surface area contributed by atoms with Crippen molar-refractivity contribution in [1.29, 1.82) is 0 Å². The largest absolute Gasteiger partial charge is 0.480 e. The molecule has 0 radical (unpaired) electrons. The lowest BCUT2D eigenvalue weighted by Gasteiger charge is -2.33. The number of pyridine rings is 1. The van der Waals surface area contributed by atoms with Crippen LogP contribution in [0.15, 0.2) is 30.9 Å². The first kappa shape index (κ1) is 17.9. The standard InChI is InChI=1S/C20H23N7O2/c1-20(28)7-5-13(6-8-20)24-19-25-17-16(18(26-19)29-2)14(9-21-17)12-3-4-15-22-11-23-27(15)10-12/h3-4,9-11,13,28H,5-8H2,1-2H3,(H2,21,24,25,26). The maximum Gasteiger partial charge on any atom is 0.228 e. The van der Waals surface area contributed by atoms with Crippen molar-refractivity contribution < 1.29 is 9.84 Å². The lowest BCUT2D eigenvalue weighted by molar-refractivity contribution is 0.0195. The molecule has 5 rings (SSSR count). The number of aliphatic hydroxyl groups is 1. The van der Waals surface area contributed by atoms with Gasteiger partial charge >= 0.3 is 0 Å². The third-order valence-electron chi connectivity index (χ3n) is 5.67. The highest BCUT2D eigenvalue weighted by molar-refractivity contribution is 5.97. The number of fused-ring (bicyclic) bond motifs is 2. The molecule has 29 heavy (non-hydrogen) atoms. The van der Waals surface area contributed by atoms with Crippen molar-refractivity contribution in [3.05, 3.63) is 30.9 Å². The molecule has 0 aliphatic heterocycles. The van der Waals surface area contributed by atoms with Crippen LogP contribution in [-0.4, -0.2) is 53.4 Å². The Hall–Kier alpha value is -3.20. The molecule has 4 heterocycles. The number of aromatic amines is 1. The lowest BCUT2D eigenvalue weighted by Crippen LogP contribution is -2.36. The molecular formula is C20H23N7O2. The minimum Gasteiger partial charge on any atom is -0.480 e. The van der Waals surface area contributed by atoms with Gasteiger partial charge in [-0.2, -0.15) is 15.1 Å². The molecular weight excluding hydrogens is 370 g/mol. The highest BCUT2D eigenvalue weighted by atomic mass is 16.5. The third-order valence-corrected chi connectivity index (χ3v) is 5.67. The molecule has 1 saturated carbocycles. The number of ether oxygens (including phenoxy) is 1. The molecule has 0 spiro atoms. The summed E-state index contributed by atoms with van der Waals surface area (Å²) in [5, 5.41) is 18.6. The Kier molecular flexibility index (Phi) is 4.13. The van der Waals surface area contributed by atoms with Crippen LogP contribution in [0.4, 0.5) is 5.95 Å². The average molecular weight is 393 g/mol. The molecule has 0 saturated heterocycles. The maximum atomic E-state index is 10.2. The van der Waals surface area contributed by atoms with E-state index in [1.807, 2.05) is 31.5 Å². The molecule has 3 N–H and O–H groups in total. The van der Waals surface area contributed by atoms with Gasteiger partial charge in [0.15, 0.2) is 5.65 Å². The van der Waals surface area contributed by atoms with Crippen LogP contribution in [0, 0.1) is 0 Å². The molecule has 1 aliphatic carbocycles. The summed E-state index contributed by atoms with van der Waals surface area (Å²) >= 11 is 0. The number of hydrogen-bond acceptors (Lipinski definition) is 7. The Labute approximate surface area is 167 Å². The topological polar surface area (TPSA) is 113 Å². The van der Waals surface area contributed by atoms with E-state index in [2.05, 4.69) is 30.4 Å². The van der Waals surface area contributed by atoms with Gasteiger partial charge in [0.2, 0.25) is 11.8 Å². The summed E-state index contributed by atoms with van der Waals surface area (Å²) in [6.07, 6.45) is 8.64. The highest BCUT2D eigenvalue weighted by Gasteiger charge is 2.29. The fourth-order valence-corrected chi connectivity index (χ4v) is 3.98. The number of nitrogens with zero attached hydrogens (tertiary/aromatic N) is 5. The van der Waals surface area contributed by atoms with Gasteiger partial charge in [-0.3, -0.25) is 0 Å². The van der Waals surface area contributed by atoms with Crippen LogP contribution in [0.25, 0.3) is 27.8 Å². The number of anilines is 1. The third kappa shape index (κ3) is 3.27. The van der Waals surface area contributed by atoms with E-state index in [0.29, 0.717) is 17.5 Å². The predicted octanol–water partition coefficient (Wildman–Crippen LogP) is 2.78. The zero-order valence-electron chi connectivity index (χ0n) is 16.4. The molecule has 0 aromatic carbocycles. The summed E-state index contributed by atoms with van der Waals surface area (Å²) in [5.41, 5.74) is 2.83. The Balaban J connectivity index is 1.49. The lowest BCUT2D eigenvalue weighted by atomic mass is 9.84. The number of hydrogen-bond donors (Lipinski definition) is 3. The summed E-state index contributed by atoms with van der Waals surface area (Å²) in [6, 6.07) is 4.15. The Morgan fingerprint density at radius 3 is 2.90 bits per heavy atom. The van der Waals surface area contributed by atoms with Crippen molar-refractivity contribution >= 4 is 22.6 Å². The molecule has 1 aliphatic rings. The second-order valence-corrected chi connectivity index (χ2v) is 7.88. The molecule has 4 aromatic rings. The molecule has 150 valence electrons. The maximum absolute atomic E-state index is 10.2. The molecule has 0 amide bonds. The fourth-order valence-electron chi connectivity index (χ4n) is 3.98. The van der Waals surface area contributed by atoms with Crippen molar-refractivity contribution in [3.63, 3.8) is 0 Å². The minimum atomic E-state index is -0.569. The summed E-state index contributed by atoms with van der Waals surface area (Å²) in [6.45, 7) is 1.89. The molecule has 4 aromatic heterocycles. The first-order valence-corrected chi connectivity index (χ1v) is 9.74. The number of methoxy groups -OCH3 is 1. The van der Waals surface area contributed by atoms with E-state index >= 15 is 0 Å². The number of aromatic nitrogens is 6. The van der Waals surface area contributed by atoms with Gasteiger partial charge in [0.1, 0.15) is 12.0 Å². The van der Waals surface area contributed by atoms with Crippen molar-refractivity contribution in [2.45, 2.75) is 44.2 Å². The SMILES string of the molecule is COc1nc(NC2CCC(C)(O)CC2)nc2[nH]cc(-c3ccc4ncnn4c3)c12. The zero-order chi connectivity index (χ0) is 20.0. The van der Waals surface area contributed by atoms with Crippen molar-refractivity contribution in [2.75, 3.05) is 12.4 Å². The number of H-pyrrole nitrogens is 1. The van der Waals surface area contributed by atoms with Gasteiger partial charge in [-0.25, -0.2) is 9.50 Å². The van der Waals surface area contributed by atoms with Gasteiger partial charge in [0.05, 0.1) is 18.1 Å². The van der Waals surface area contributed by atoms with Crippen molar-refractivity contribution in [2.24, 2.45) is 0 Å². The molecule has 0 unspecified atom stereocenters. The average Bonchev–Trinajstić information content (AvgIpc) is 3.35. The van der Waals surface area contributed by atoms with Crippen molar-refractivity contribution in [3.8, 4) is 17.0 Å². The van der Waals surface area contributed by atoms with Crippen molar-refractivity contribution in [1.82, 2.24) is 29.5 Å². The molecule has 9 nitrogen and oxygen atoms in total. The number of nitrogens with one attached hydrogen (secondary N) is 2. The van der Waals surface area contributed by atoms with Crippen LogP contribution in [0.1, 0.15) is 32.6 Å². The van der Waals surface area contributed by atoms with Crippen LogP contribution in [-0.2, 0) is 0 Å². The summed E-state index contributed by atoms with van der Waals surface area (Å²) in [7, 11) is 1.61. The van der Waals surface area contributed by atoms with Gasteiger partial charge < -0.3 is 20.1 Å². The molecule has 0 bridgehead atoms. The van der Waals surface area contributed by atoms with Crippen LogP contribution in [0.5, 0.6) is 5.88 Å². The quantitative estimate of drug-likeness (QED) is 0.488. The minimum absolute atomic E-state index is 0.238. The van der Waals surface area contributed by atoms with E-state index in [4.69, 9.17) is 4.74 Å². The summed E-state index contributed by atoms with van der Waals surface area (Å²) in [4.78, 5) is 16.7. The van der Waals surface area contributed by atoms with Gasteiger partial charge in [0, 0.05) is 29.6 Å². The zero-order valence-corrected chi connectivity index (χ0v) is 16.4. The van der Waals surface area contributed by atoms with E-state index < -0.39 is 5.60 Å². The van der Waals surface area contributed by atoms with Gasteiger partial charge in [-0.15, -0.1) is 0 Å². The van der Waals surface area contributed by atoms with Crippen LogP contribution in [0.3, 0.4) is 0 Å². The van der Waals surface area contributed by atoms with E-state index in [0.717, 1.165) is 47.8 Å². The van der Waals surface area contributed by atoms with Gasteiger partial charge in [0.25, 0.3) is 0 Å². The van der Waals surface area contributed by atoms with E-state index in [1.165, 1.54) is 6.33 Å². The first-order valence-electron chi connectivity index (χ1n) is 9.74. The monoisotopic (exact) mass is 393 g/mol. The Morgan fingerprint density at radius 2 is 2.10 bits per heavy atom. The Morgan fingerprint density at radius 1 is 1.28 bits per heavy atom. The van der Waals surface area contributed by atoms with Gasteiger partial charge in [-0.05, 0) is 44.7 Å². The first-order chi connectivity index (χ1) is 14.0. The molecule has 9 heteroatoms. The smallest absolute Gasteiger partial charge is 0.228 e. The van der Waals surface area contributed by atoms with Crippen LogP contribution >= 0.6 is 0 Å². The van der Waals surface area contributed by atoms with Crippen LogP contribution < -0.4 is 10.1 Å². The molecule has 1 fully saturated rings.